The number of aromatic nitrogens is 4. The maximum Gasteiger partial charge on any atom is 0.508 e. The van der Waals surface area contributed by atoms with Gasteiger partial charge in [-0.1, -0.05) is 103 Å². The summed E-state index contributed by atoms with van der Waals surface area (Å²) in [5, 5.41) is 2.65. The number of carbonyl (C=O) groups excluding carboxylic acids is 2. The summed E-state index contributed by atoms with van der Waals surface area (Å²) in [6.07, 6.45) is 13.0. The zero-order valence-electron chi connectivity index (χ0n) is 32.1. The summed E-state index contributed by atoms with van der Waals surface area (Å²) in [4.78, 5) is 37.6. The van der Waals surface area contributed by atoms with Crippen LogP contribution >= 0.6 is 7.75 Å². The Morgan fingerprint density at radius 3 is 2.45 bits per heavy atom. The lowest BCUT2D eigenvalue weighted by atomic mass is 9.99. The van der Waals surface area contributed by atoms with Crippen molar-refractivity contribution in [2.75, 3.05) is 25.6 Å². The quantitative estimate of drug-likeness (QED) is 0.0313. The second-order valence-corrected chi connectivity index (χ2v) is 15.3. The molecule has 0 spiro atoms. The molecule has 3 N–H and O–H groups in total. The highest BCUT2D eigenvalue weighted by Crippen LogP contribution is 2.48. The van der Waals surface area contributed by atoms with Crippen molar-refractivity contribution in [3.8, 4) is 18.1 Å². The molecule has 2 aromatic heterocycles. The molecule has 302 valence electrons. The maximum atomic E-state index is 14.4. The SMILES string of the molecule is C#C[C@]1(CO[P@@](=O)(N[C@@H](C)C(=O)OCC(CC)CC)Oc2ccccc2)O[C@@H](n2cnc3c(N)nc(F)nc32)C[C@@H]1OC(=O)OCCCCCCCCCC. The molecule has 1 aliphatic rings. The number of carbonyl (C=O) groups is 2. The minimum absolute atomic E-state index is 0.000215. The molecule has 17 heteroatoms. The Morgan fingerprint density at radius 2 is 1.78 bits per heavy atom. The lowest BCUT2D eigenvalue weighted by Gasteiger charge is -2.31. The van der Waals surface area contributed by atoms with Crippen LogP contribution in [0.2, 0.25) is 0 Å². The highest BCUT2D eigenvalue weighted by atomic mass is 31.2. The van der Waals surface area contributed by atoms with Gasteiger partial charge in [0.2, 0.25) is 0 Å². The summed E-state index contributed by atoms with van der Waals surface area (Å²) < 4.78 is 64.9. The van der Waals surface area contributed by atoms with Crippen LogP contribution in [0, 0.1) is 24.3 Å². The fourth-order valence-corrected chi connectivity index (χ4v) is 7.56. The number of hydrogen-bond donors (Lipinski definition) is 2. The summed E-state index contributed by atoms with van der Waals surface area (Å²) >= 11 is 0. The Morgan fingerprint density at radius 1 is 1.09 bits per heavy atom. The van der Waals surface area contributed by atoms with E-state index in [2.05, 4.69) is 32.9 Å². The van der Waals surface area contributed by atoms with Crippen molar-refractivity contribution in [1.82, 2.24) is 24.6 Å². The van der Waals surface area contributed by atoms with Crippen LogP contribution in [-0.2, 0) is 32.8 Å². The van der Waals surface area contributed by atoms with Gasteiger partial charge in [0.15, 0.2) is 28.7 Å². The lowest BCUT2D eigenvalue weighted by Crippen LogP contribution is -2.46. The molecule has 1 aliphatic heterocycles. The topological polar surface area (TPSA) is 188 Å². The van der Waals surface area contributed by atoms with Gasteiger partial charge in [0.1, 0.15) is 24.6 Å². The molecule has 4 rings (SSSR count). The van der Waals surface area contributed by atoms with Crippen LogP contribution in [-0.4, -0.2) is 69.2 Å². The van der Waals surface area contributed by atoms with Crippen molar-refractivity contribution < 1.29 is 46.5 Å². The van der Waals surface area contributed by atoms with E-state index in [1.807, 2.05) is 13.8 Å². The van der Waals surface area contributed by atoms with E-state index in [-0.39, 0.29) is 48.3 Å². The van der Waals surface area contributed by atoms with Gasteiger partial charge in [0.25, 0.3) is 0 Å². The normalized spacial score (nSPS) is 19.8. The number of nitrogen functional groups attached to an aromatic ring is 1. The molecule has 0 saturated carbocycles. The van der Waals surface area contributed by atoms with Gasteiger partial charge >= 0.3 is 25.9 Å². The van der Waals surface area contributed by atoms with Crippen molar-refractivity contribution in [1.29, 1.82) is 0 Å². The highest BCUT2D eigenvalue weighted by molar-refractivity contribution is 7.52. The Balaban J connectivity index is 1.54. The van der Waals surface area contributed by atoms with Crippen LogP contribution in [0.25, 0.3) is 11.2 Å². The number of para-hydroxylation sites is 1. The van der Waals surface area contributed by atoms with Crippen LogP contribution in [0.1, 0.15) is 105 Å². The van der Waals surface area contributed by atoms with Gasteiger partial charge in [-0.15, -0.1) is 6.42 Å². The van der Waals surface area contributed by atoms with Crippen LogP contribution < -0.4 is 15.3 Å². The van der Waals surface area contributed by atoms with Crippen molar-refractivity contribution in [3.63, 3.8) is 0 Å². The third-order valence-corrected chi connectivity index (χ3v) is 11.1. The minimum atomic E-state index is -4.46. The summed E-state index contributed by atoms with van der Waals surface area (Å²) in [5.74, 6) is 1.98. The second-order valence-electron chi connectivity index (χ2n) is 13.6. The average Bonchev–Trinajstić information content (AvgIpc) is 3.75. The number of terminal acetylenes is 1. The van der Waals surface area contributed by atoms with E-state index in [0.717, 1.165) is 32.1 Å². The number of anilines is 1. The number of nitrogens with one attached hydrogen (secondary N) is 1. The molecule has 1 aromatic carbocycles. The molecule has 0 unspecified atom stereocenters. The van der Waals surface area contributed by atoms with Gasteiger partial charge in [-0.3, -0.25) is 13.9 Å². The summed E-state index contributed by atoms with van der Waals surface area (Å²) in [6.45, 7) is 7.29. The molecular formula is C38H54FN6O9P. The van der Waals surface area contributed by atoms with E-state index in [4.69, 9.17) is 40.2 Å². The third-order valence-electron chi connectivity index (χ3n) is 9.45. The molecule has 1 saturated heterocycles. The average molecular weight is 789 g/mol. The molecule has 0 bridgehead atoms. The number of hydrogen-bond acceptors (Lipinski definition) is 13. The van der Waals surface area contributed by atoms with Crippen LogP contribution in [0.4, 0.5) is 15.0 Å². The van der Waals surface area contributed by atoms with E-state index in [9.17, 15) is 18.5 Å². The maximum absolute atomic E-state index is 14.4. The molecule has 0 aliphatic carbocycles. The van der Waals surface area contributed by atoms with Crippen LogP contribution in [0.15, 0.2) is 36.7 Å². The largest absolute Gasteiger partial charge is 0.508 e. The number of rotatable bonds is 23. The number of imidazole rings is 1. The van der Waals surface area contributed by atoms with Gasteiger partial charge in [-0.05, 0) is 31.4 Å². The van der Waals surface area contributed by atoms with E-state index < -0.39 is 56.5 Å². The fraction of sp³-hybridized carbons (Fsp3) is 0.605. The number of esters is 1. The van der Waals surface area contributed by atoms with Gasteiger partial charge in [-0.25, -0.2) is 14.3 Å². The smallest absolute Gasteiger partial charge is 0.464 e. The lowest BCUT2D eigenvalue weighted by molar-refractivity contribution is -0.146. The molecular weight excluding hydrogens is 734 g/mol. The van der Waals surface area contributed by atoms with Gasteiger partial charge in [0, 0.05) is 6.42 Å². The van der Waals surface area contributed by atoms with E-state index in [0.29, 0.717) is 6.42 Å². The fourth-order valence-electron chi connectivity index (χ4n) is 6.04. The molecule has 0 radical (unpaired) electrons. The molecule has 1 fully saturated rings. The number of ether oxygens (including phenoxy) is 4. The van der Waals surface area contributed by atoms with Crippen LogP contribution in [0.5, 0.6) is 5.75 Å². The first-order valence-electron chi connectivity index (χ1n) is 19.0. The number of unbranched alkanes of at least 4 members (excludes halogenated alkanes) is 7. The first-order valence-corrected chi connectivity index (χ1v) is 20.6. The predicted molar refractivity (Wildman–Crippen MR) is 203 cm³/mol. The number of nitrogens with zero attached hydrogens (tertiary/aromatic N) is 4. The van der Waals surface area contributed by atoms with Crippen LogP contribution in [0.3, 0.4) is 0 Å². The monoisotopic (exact) mass is 788 g/mol. The number of halogens is 1. The Hall–Kier alpha value is -4.29. The van der Waals surface area contributed by atoms with E-state index >= 15 is 0 Å². The molecule has 0 amide bonds. The second kappa shape index (κ2) is 21.1. The molecule has 3 heterocycles. The predicted octanol–water partition coefficient (Wildman–Crippen LogP) is 7.66. The third kappa shape index (κ3) is 12.4. The zero-order chi connectivity index (χ0) is 39.8. The zero-order valence-corrected chi connectivity index (χ0v) is 33.0. The highest BCUT2D eigenvalue weighted by Gasteiger charge is 2.53. The standard InChI is InChI=1S/C38H54FN6O9P/c1-6-10-11-12-13-14-15-19-22-49-37(47)52-30-23-31(45-26-41-32-33(40)42-36(39)43-34(32)45)53-38(30,9-4)25-51-55(48,54-29-20-17-16-18-21-29)44-27(5)35(46)50-24-28(7-2)8-3/h4,16-18,20-21,26-28,30-31H,6-8,10-15,19,22-25H2,1-3,5H3,(H,44,48)(H2,40,42,43)/t27-,30-,31+,38+,55-/m0/s1. The summed E-state index contributed by atoms with van der Waals surface area (Å²) in [5.41, 5.74) is 4.08. The summed E-state index contributed by atoms with van der Waals surface area (Å²) in [6, 6.07) is 7.04. The van der Waals surface area contributed by atoms with E-state index in [1.165, 1.54) is 43.5 Å². The van der Waals surface area contributed by atoms with Crippen molar-refractivity contribution in [2.24, 2.45) is 5.92 Å². The Kier molecular flexibility index (Phi) is 16.7. The van der Waals surface area contributed by atoms with E-state index in [1.54, 1.807) is 30.3 Å². The molecule has 55 heavy (non-hydrogen) atoms. The van der Waals surface area contributed by atoms with Gasteiger partial charge < -0.3 is 29.2 Å². The van der Waals surface area contributed by atoms with Crippen molar-refractivity contribution >= 4 is 36.9 Å². The number of nitrogens with two attached hydrogens (primary N) is 1. The molecule has 3 aromatic rings. The van der Waals surface area contributed by atoms with Gasteiger partial charge in [-0.2, -0.15) is 19.4 Å². The molecule has 5 atom stereocenters. The Labute approximate surface area is 322 Å². The number of benzene rings is 1. The minimum Gasteiger partial charge on any atom is -0.464 e. The van der Waals surface area contributed by atoms with Crippen molar-refractivity contribution in [3.05, 3.63) is 42.7 Å². The Bertz CT molecular complexity index is 1770. The van der Waals surface area contributed by atoms with Crippen molar-refractivity contribution in [2.45, 2.75) is 122 Å². The molecule has 15 nitrogen and oxygen atoms in total. The van der Waals surface area contributed by atoms with Gasteiger partial charge in [0.05, 0.1) is 19.5 Å². The summed E-state index contributed by atoms with van der Waals surface area (Å²) in [7, 11) is -4.46. The first-order chi connectivity index (χ1) is 26.5. The number of fused-ring (bicyclic) bond motifs is 1. The first kappa shape index (κ1) is 43.4.